The molecule has 1 aliphatic rings. The molecule has 0 unspecified atom stereocenters. The standard InChI is InChI=1S/C17H17BrN4O/c1-11-16(18)12(2)22(20-11)15-5-3-13(4-6-15)17(23)21(10-9-19)14-7-8-14/h3-6,14H,7-8,10H2,1-2H3. The molecule has 1 aromatic heterocycles. The van der Waals surface area contributed by atoms with Gasteiger partial charge in [0.05, 0.1) is 27.6 Å². The fourth-order valence-electron chi connectivity index (χ4n) is 2.62. The Morgan fingerprint density at radius 1 is 1.39 bits per heavy atom. The highest BCUT2D eigenvalue weighted by atomic mass is 79.9. The van der Waals surface area contributed by atoms with Crippen molar-refractivity contribution in [3.05, 3.63) is 45.7 Å². The number of hydrogen-bond donors (Lipinski definition) is 0. The number of halogens is 1. The Bertz CT molecular complexity index is 784. The molecule has 1 heterocycles. The lowest BCUT2D eigenvalue weighted by molar-refractivity contribution is 0.0765. The Morgan fingerprint density at radius 3 is 2.52 bits per heavy atom. The quantitative estimate of drug-likeness (QED) is 0.772. The normalized spacial score (nSPS) is 13.7. The predicted octanol–water partition coefficient (Wildman–Crippen LogP) is 3.38. The summed E-state index contributed by atoms with van der Waals surface area (Å²) >= 11 is 3.52. The number of nitriles is 1. The molecule has 118 valence electrons. The second kappa shape index (κ2) is 6.17. The number of aryl methyl sites for hydroxylation is 1. The Morgan fingerprint density at radius 2 is 2.04 bits per heavy atom. The van der Waals surface area contributed by atoms with Gasteiger partial charge in [0.2, 0.25) is 0 Å². The first-order chi connectivity index (χ1) is 11.0. The molecule has 1 fully saturated rings. The summed E-state index contributed by atoms with van der Waals surface area (Å²) in [5.41, 5.74) is 3.46. The highest BCUT2D eigenvalue weighted by molar-refractivity contribution is 9.10. The maximum Gasteiger partial charge on any atom is 0.254 e. The van der Waals surface area contributed by atoms with E-state index in [0.29, 0.717) is 5.56 Å². The summed E-state index contributed by atoms with van der Waals surface area (Å²) in [5, 5.41) is 13.4. The van der Waals surface area contributed by atoms with Crippen molar-refractivity contribution in [2.24, 2.45) is 0 Å². The molecule has 23 heavy (non-hydrogen) atoms. The Kier molecular flexibility index (Phi) is 4.22. The minimum absolute atomic E-state index is 0.0739. The number of carbonyl (C=O) groups excluding carboxylic acids is 1. The smallest absolute Gasteiger partial charge is 0.254 e. The average Bonchev–Trinajstić information content (AvgIpc) is 3.36. The topological polar surface area (TPSA) is 61.9 Å². The van der Waals surface area contributed by atoms with Crippen LogP contribution in [-0.4, -0.2) is 33.2 Å². The van der Waals surface area contributed by atoms with E-state index in [4.69, 9.17) is 5.26 Å². The molecule has 1 aromatic carbocycles. The first-order valence-electron chi connectivity index (χ1n) is 7.53. The van der Waals surface area contributed by atoms with Crippen LogP contribution in [0.4, 0.5) is 0 Å². The van der Waals surface area contributed by atoms with Crippen molar-refractivity contribution in [2.45, 2.75) is 32.7 Å². The van der Waals surface area contributed by atoms with Gasteiger partial charge in [-0.1, -0.05) is 0 Å². The van der Waals surface area contributed by atoms with Crippen molar-refractivity contribution in [1.29, 1.82) is 5.26 Å². The average molecular weight is 373 g/mol. The Labute approximate surface area is 143 Å². The molecule has 1 amide bonds. The molecule has 0 aliphatic heterocycles. The molecular weight excluding hydrogens is 356 g/mol. The van der Waals surface area contributed by atoms with E-state index in [-0.39, 0.29) is 18.5 Å². The summed E-state index contributed by atoms with van der Waals surface area (Å²) in [6, 6.07) is 9.68. The third-order valence-electron chi connectivity index (χ3n) is 4.05. The lowest BCUT2D eigenvalue weighted by atomic mass is 10.1. The van der Waals surface area contributed by atoms with E-state index < -0.39 is 0 Å². The van der Waals surface area contributed by atoms with Gasteiger partial charge in [-0.15, -0.1) is 0 Å². The van der Waals surface area contributed by atoms with Crippen molar-refractivity contribution in [2.75, 3.05) is 6.54 Å². The van der Waals surface area contributed by atoms with Crippen LogP contribution in [0.5, 0.6) is 0 Å². The van der Waals surface area contributed by atoms with Crippen LogP contribution in [0.1, 0.15) is 34.6 Å². The van der Waals surface area contributed by atoms with Gasteiger partial charge in [0.15, 0.2) is 0 Å². The Balaban J connectivity index is 1.85. The molecule has 0 bridgehead atoms. The van der Waals surface area contributed by atoms with E-state index in [1.165, 1.54) is 0 Å². The fraction of sp³-hybridized carbons (Fsp3) is 0.353. The van der Waals surface area contributed by atoms with Gasteiger partial charge < -0.3 is 4.90 Å². The predicted molar refractivity (Wildman–Crippen MR) is 90.4 cm³/mol. The molecule has 0 atom stereocenters. The van der Waals surface area contributed by atoms with Crippen LogP contribution in [0.15, 0.2) is 28.7 Å². The van der Waals surface area contributed by atoms with E-state index in [9.17, 15) is 4.79 Å². The lowest BCUT2D eigenvalue weighted by Crippen LogP contribution is -2.33. The SMILES string of the molecule is Cc1nn(-c2ccc(C(=O)N(CC#N)C3CC3)cc2)c(C)c1Br. The van der Waals surface area contributed by atoms with Crippen molar-refractivity contribution >= 4 is 21.8 Å². The monoisotopic (exact) mass is 372 g/mol. The molecule has 3 rings (SSSR count). The molecule has 0 spiro atoms. The molecule has 2 aromatic rings. The molecule has 5 nitrogen and oxygen atoms in total. The number of nitrogens with zero attached hydrogens (tertiary/aromatic N) is 4. The number of amides is 1. The summed E-state index contributed by atoms with van der Waals surface area (Å²) in [6.45, 7) is 4.08. The number of hydrogen-bond acceptors (Lipinski definition) is 3. The number of carbonyl (C=O) groups is 1. The fourth-order valence-corrected chi connectivity index (χ4v) is 2.86. The van der Waals surface area contributed by atoms with Gasteiger partial charge in [-0.3, -0.25) is 4.79 Å². The first kappa shape index (κ1) is 15.8. The molecule has 0 radical (unpaired) electrons. The highest BCUT2D eigenvalue weighted by Gasteiger charge is 2.32. The number of benzene rings is 1. The number of aromatic nitrogens is 2. The van der Waals surface area contributed by atoms with Crippen LogP contribution in [0, 0.1) is 25.2 Å². The highest BCUT2D eigenvalue weighted by Crippen LogP contribution is 2.28. The maximum absolute atomic E-state index is 12.5. The second-order valence-corrected chi connectivity index (χ2v) is 6.56. The third kappa shape index (κ3) is 3.02. The van der Waals surface area contributed by atoms with Crippen molar-refractivity contribution < 1.29 is 4.79 Å². The molecule has 6 heteroatoms. The van der Waals surface area contributed by atoms with Crippen LogP contribution in [0.3, 0.4) is 0 Å². The molecule has 1 saturated carbocycles. The van der Waals surface area contributed by atoms with Crippen LogP contribution >= 0.6 is 15.9 Å². The second-order valence-electron chi connectivity index (χ2n) is 5.77. The molecule has 0 saturated heterocycles. The first-order valence-corrected chi connectivity index (χ1v) is 8.32. The van der Waals surface area contributed by atoms with Crippen LogP contribution in [0.25, 0.3) is 5.69 Å². The number of rotatable bonds is 4. The van der Waals surface area contributed by atoms with Gasteiger partial charge in [-0.25, -0.2) is 4.68 Å². The minimum Gasteiger partial charge on any atom is -0.322 e. The Hall–Kier alpha value is -2.13. The van der Waals surface area contributed by atoms with Crippen LogP contribution in [0.2, 0.25) is 0 Å². The summed E-state index contributed by atoms with van der Waals surface area (Å²) in [6.07, 6.45) is 1.98. The minimum atomic E-state index is -0.0739. The third-order valence-corrected chi connectivity index (χ3v) is 5.20. The lowest BCUT2D eigenvalue weighted by Gasteiger charge is -2.19. The van der Waals surface area contributed by atoms with Crippen LogP contribution < -0.4 is 0 Å². The summed E-state index contributed by atoms with van der Waals surface area (Å²) in [4.78, 5) is 14.2. The van der Waals surface area contributed by atoms with Gasteiger partial charge in [0.1, 0.15) is 6.54 Å². The van der Waals surface area contributed by atoms with E-state index in [2.05, 4.69) is 27.1 Å². The van der Waals surface area contributed by atoms with Gasteiger partial charge in [0.25, 0.3) is 5.91 Å². The zero-order chi connectivity index (χ0) is 16.6. The zero-order valence-corrected chi connectivity index (χ0v) is 14.7. The van der Waals surface area contributed by atoms with Crippen molar-refractivity contribution in [3.8, 4) is 11.8 Å². The van der Waals surface area contributed by atoms with Gasteiger partial charge in [-0.05, 0) is 66.9 Å². The summed E-state index contributed by atoms with van der Waals surface area (Å²) in [5.74, 6) is -0.0739. The zero-order valence-electron chi connectivity index (χ0n) is 13.1. The van der Waals surface area contributed by atoms with E-state index in [0.717, 1.165) is 34.4 Å². The van der Waals surface area contributed by atoms with E-state index >= 15 is 0 Å². The van der Waals surface area contributed by atoms with Gasteiger partial charge in [-0.2, -0.15) is 10.4 Å². The summed E-state index contributed by atoms with van der Waals surface area (Å²) in [7, 11) is 0. The van der Waals surface area contributed by atoms with Crippen LogP contribution in [-0.2, 0) is 0 Å². The maximum atomic E-state index is 12.5. The van der Waals surface area contributed by atoms with Crippen molar-refractivity contribution in [1.82, 2.24) is 14.7 Å². The summed E-state index contributed by atoms with van der Waals surface area (Å²) < 4.78 is 2.84. The largest absolute Gasteiger partial charge is 0.322 e. The van der Waals surface area contributed by atoms with E-state index in [1.807, 2.05) is 30.7 Å². The van der Waals surface area contributed by atoms with E-state index in [1.54, 1.807) is 17.0 Å². The molecule has 0 N–H and O–H groups in total. The van der Waals surface area contributed by atoms with Gasteiger partial charge >= 0.3 is 0 Å². The van der Waals surface area contributed by atoms with Gasteiger partial charge in [0, 0.05) is 11.6 Å². The molecule has 1 aliphatic carbocycles. The van der Waals surface area contributed by atoms with Crippen molar-refractivity contribution in [3.63, 3.8) is 0 Å². The molecular formula is C17H17BrN4O.